The molecule has 1 aromatic heterocycles. The third kappa shape index (κ3) is 4.54. The van der Waals surface area contributed by atoms with E-state index in [2.05, 4.69) is 24.9 Å². The lowest BCUT2D eigenvalue weighted by Gasteiger charge is -2.54. The molecule has 172 valence electrons. The lowest BCUT2D eigenvalue weighted by molar-refractivity contribution is -0.153. The molecule has 0 aliphatic carbocycles. The first-order chi connectivity index (χ1) is 15.6. The average molecular weight is 478 g/mol. The zero-order valence-corrected chi connectivity index (χ0v) is 19.6. The Labute approximate surface area is 198 Å². The summed E-state index contributed by atoms with van der Waals surface area (Å²) in [5, 5.41) is 8.17. The van der Waals surface area contributed by atoms with E-state index in [4.69, 9.17) is 27.9 Å². The molecule has 9 heteroatoms. The van der Waals surface area contributed by atoms with Crippen LogP contribution in [0.3, 0.4) is 0 Å². The van der Waals surface area contributed by atoms with Gasteiger partial charge in [-0.2, -0.15) is 5.10 Å². The van der Waals surface area contributed by atoms with Crippen LogP contribution in [0.2, 0.25) is 10.0 Å². The van der Waals surface area contributed by atoms with Crippen molar-refractivity contribution in [3.05, 3.63) is 51.8 Å². The summed E-state index contributed by atoms with van der Waals surface area (Å²) < 4.78 is 6.11. The molecule has 3 atom stereocenters. The number of aromatic amines is 1. The van der Waals surface area contributed by atoms with Gasteiger partial charge in [0.05, 0.1) is 47.8 Å². The maximum Gasteiger partial charge on any atom is 0.227 e. The van der Waals surface area contributed by atoms with E-state index in [1.807, 2.05) is 12.1 Å². The number of likely N-dealkylation sites (tertiary alicyclic amines) is 1. The average Bonchev–Trinajstić information content (AvgIpc) is 3.50. The molecule has 2 aromatic rings. The molecule has 0 bridgehead atoms. The fraction of sp³-hybridized carbons (Fsp3) is 0.565. The highest BCUT2D eigenvalue weighted by Crippen LogP contribution is 2.31. The molecule has 0 radical (unpaired) electrons. The number of halogens is 2. The minimum Gasteiger partial charge on any atom is -0.378 e. The number of amides is 1. The van der Waals surface area contributed by atoms with Crippen molar-refractivity contribution in [1.82, 2.24) is 24.9 Å². The van der Waals surface area contributed by atoms with E-state index >= 15 is 0 Å². The summed E-state index contributed by atoms with van der Waals surface area (Å²) in [6.07, 6.45) is 4.54. The second kappa shape index (κ2) is 9.69. The summed E-state index contributed by atoms with van der Waals surface area (Å²) in [6, 6.07) is 7.95. The Bertz CT molecular complexity index is 934. The van der Waals surface area contributed by atoms with Gasteiger partial charge in [-0.1, -0.05) is 29.3 Å². The van der Waals surface area contributed by atoms with Gasteiger partial charge in [-0.15, -0.1) is 0 Å². The van der Waals surface area contributed by atoms with E-state index in [9.17, 15) is 4.79 Å². The molecule has 3 saturated heterocycles. The first-order valence-electron chi connectivity index (χ1n) is 11.4. The quantitative estimate of drug-likeness (QED) is 0.716. The van der Waals surface area contributed by atoms with E-state index in [1.165, 1.54) is 12.8 Å². The van der Waals surface area contributed by atoms with Gasteiger partial charge < -0.3 is 9.64 Å². The van der Waals surface area contributed by atoms with E-state index in [1.54, 1.807) is 18.3 Å². The first kappa shape index (κ1) is 22.2. The van der Waals surface area contributed by atoms with Gasteiger partial charge in [-0.05, 0) is 49.7 Å². The molecule has 7 nitrogen and oxygen atoms in total. The molecule has 4 heterocycles. The minimum atomic E-state index is 0.105. The molecule has 3 aliphatic heterocycles. The zero-order valence-electron chi connectivity index (χ0n) is 18.1. The molecule has 1 N–H and O–H groups in total. The van der Waals surface area contributed by atoms with Crippen molar-refractivity contribution in [3.63, 3.8) is 0 Å². The Morgan fingerprint density at radius 1 is 1.06 bits per heavy atom. The number of piperazine rings is 1. The topological polar surface area (TPSA) is 64.7 Å². The number of hydrogen-bond donors (Lipinski definition) is 1. The third-order valence-corrected chi connectivity index (χ3v) is 7.76. The van der Waals surface area contributed by atoms with Crippen molar-refractivity contribution in [2.45, 2.75) is 43.9 Å². The molecule has 3 aliphatic rings. The lowest BCUT2D eigenvalue weighted by atomic mass is 9.90. The molecule has 3 fully saturated rings. The second-order valence-electron chi connectivity index (χ2n) is 8.97. The summed E-state index contributed by atoms with van der Waals surface area (Å²) >= 11 is 12.3. The van der Waals surface area contributed by atoms with Gasteiger partial charge >= 0.3 is 0 Å². The zero-order chi connectivity index (χ0) is 22.1. The van der Waals surface area contributed by atoms with Crippen molar-refractivity contribution in [2.24, 2.45) is 0 Å². The number of carbonyl (C=O) groups excluding carboxylic acids is 1. The number of hydrogen-bond acceptors (Lipinski definition) is 5. The molecule has 0 saturated carbocycles. The number of aromatic nitrogens is 2. The van der Waals surface area contributed by atoms with Crippen LogP contribution < -0.4 is 0 Å². The van der Waals surface area contributed by atoms with Crippen LogP contribution in [0.25, 0.3) is 0 Å². The highest BCUT2D eigenvalue weighted by atomic mass is 35.5. The largest absolute Gasteiger partial charge is 0.378 e. The standard InChI is InChI=1S/C23H29Cl2N5O2/c24-18-4-3-16(11-19(18)25)12-22(31)30-10-9-29(13-17-5-6-26-27-17)21-15-32-14-20(23(21)30)28-7-1-2-8-28/h3-6,11,20-21,23H,1-2,7-10,12-15H2,(H,26,27)/t20-,21?,23+/m0/s1. The van der Waals surface area contributed by atoms with Gasteiger partial charge in [0, 0.05) is 31.5 Å². The van der Waals surface area contributed by atoms with Crippen molar-refractivity contribution >= 4 is 29.1 Å². The molecule has 1 unspecified atom stereocenters. The Balaban J connectivity index is 1.39. The predicted octanol–water partition coefficient (Wildman–Crippen LogP) is 2.84. The number of ether oxygens (including phenoxy) is 1. The molecular formula is C23H29Cl2N5O2. The Morgan fingerprint density at radius 3 is 2.62 bits per heavy atom. The van der Waals surface area contributed by atoms with E-state index in [-0.39, 0.29) is 24.0 Å². The fourth-order valence-electron chi connectivity index (χ4n) is 5.45. The van der Waals surface area contributed by atoms with Gasteiger partial charge in [0.1, 0.15) is 0 Å². The van der Waals surface area contributed by atoms with E-state index in [0.717, 1.165) is 37.4 Å². The van der Waals surface area contributed by atoms with Crippen LogP contribution in [-0.2, 0) is 22.5 Å². The Hall–Kier alpha value is -1.64. The smallest absolute Gasteiger partial charge is 0.227 e. The van der Waals surface area contributed by atoms with Crippen LogP contribution in [-0.4, -0.2) is 88.3 Å². The summed E-state index contributed by atoms with van der Waals surface area (Å²) in [5.74, 6) is 0.144. The van der Waals surface area contributed by atoms with E-state index < -0.39 is 0 Å². The summed E-state index contributed by atoms with van der Waals surface area (Å²) in [4.78, 5) is 20.6. The van der Waals surface area contributed by atoms with Crippen LogP contribution in [0.5, 0.6) is 0 Å². The normalized spacial score (nSPS) is 26.9. The Morgan fingerprint density at radius 2 is 1.88 bits per heavy atom. The van der Waals surface area contributed by atoms with Gasteiger partial charge in [0.2, 0.25) is 5.91 Å². The number of fused-ring (bicyclic) bond motifs is 1. The van der Waals surface area contributed by atoms with Crippen molar-refractivity contribution in [3.8, 4) is 0 Å². The Kier molecular flexibility index (Phi) is 6.71. The van der Waals surface area contributed by atoms with Crippen LogP contribution in [0.1, 0.15) is 24.1 Å². The summed E-state index contributed by atoms with van der Waals surface area (Å²) in [6.45, 7) is 5.77. The minimum absolute atomic E-state index is 0.105. The van der Waals surface area contributed by atoms with Gasteiger partial charge in [-0.3, -0.25) is 19.7 Å². The second-order valence-corrected chi connectivity index (χ2v) is 9.78. The number of nitrogens with zero attached hydrogens (tertiary/aromatic N) is 4. The van der Waals surface area contributed by atoms with Gasteiger partial charge in [0.15, 0.2) is 0 Å². The van der Waals surface area contributed by atoms with Gasteiger partial charge in [-0.25, -0.2) is 0 Å². The van der Waals surface area contributed by atoms with Crippen molar-refractivity contribution in [1.29, 1.82) is 0 Å². The van der Waals surface area contributed by atoms with Crippen LogP contribution in [0, 0.1) is 0 Å². The molecule has 1 amide bonds. The molecule has 5 rings (SSSR count). The number of rotatable bonds is 5. The van der Waals surface area contributed by atoms with Crippen LogP contribution in [0.15, 0.2) is 30.5 Å². The number of carbonyl (C=O) groups is 1. The monoisotopic (exact) mass is 477 g/mol. The maximum atomic E-state index is 13.6. The molecular weight excluding hydrogens is 449 g/mol. The SMILES string of the molecule is O=C(Cc1ccc(Cl)c(Cl)c1)N1CCN(Cc2ccn[nH]2)C2COC[C@H](N3CCCC3)[C@H]21. The van der Waals surface area contributed by atoms with Crippen LogP contribution in [0.4, 0.5) is 0 Å². The first-order valence-corrected chi connectivity index (χ1v) is 12.1. The number of benzene rings is 1. The molecule has 32 heavy (non-hydrogen) atoms. The number of nitrogens with one attached hydrogen (secondary N) is 1. The lowest BCUT2D eigenvalue weighted by Crippen LogP contribution is -2.71. The number of H-pyrrole nitrogens is 1. The highest BCUT2D eigenvalue weighted by Gasteiger charge is 2.47. The highest BCUT2D eigenvalue weighted by molar-refractivity contribution is 6.42. The summed E-state index contributed by atoms with van der Waals surface area (Å²) in [5.41, 5.74) is 1.98. The van der Waals surface area contributed by atoms with Crippen molar-refractivity contribution in [2.75, 3.05) is 39.4 Å². The third-order valence-electron chi connectivity index (χ3n) is 7.02. The summed E-state index contributed by atoms with van der Waals surface area (Å²) in [7, 11) is 0. The van der Waals surface area contributed by atoms with E-state index in [0.29, 0.717) is 36.2 Å². The molecule has 0 spiro atoms. The maximum absolute atomic E-state index is 13.6. The van der Waals surface area contributed by atoms with Gasteiger partial charge in [0.25, 0.3) is 0 Å². The predicted molar refractivity (Wildman–Crippen MR) is 124 cm³/mol. The molecule has 1 aromatic carbocycles. The van der Waals surface area contributed by atoms with Crippen molar-refractivity contribution < 1.29 is 9.53 Å². The fourth-order valence-corrected chi connectivity index (χ4v) is 5.77. The van der Waals surface area contributed by atoms with Crippen LogP contribution >= 0.6 is 23.2 Å².